The van der Waals surface area contributed by atoms with E-state index in [0.717, 1.165) is 58.8 Å². The molecule has 0 bridgehead atoms. The Labute approximate surface area is 172 Å². The van der Waals surface area contributed by atoms with Gasteiger partial charge in [-0.2, -0.15) is 0 Å². The highest BCUT2D eigenvalue weighted by molar-refractivity contribution is 5.76. The summed E-state index contributed by atoms with van der Waals surface area (Å²) in [6, 6.07) is 0.632. The van der Waals surface area contributed by atoms with Gasteiger partial charge in [-0.1, -0.05) is 33.1 Å². The van der Waals surface area contributed by atoms with E-state index in [2.05, 4.69) is 28.5 Å². The smallest absolute Gasteiger partial charge is 0.222 e. The van der Waals surface area contributed by atoms with Crippen molar-refractivity contribution in [1.82, 2.24) is 14.7 Å². The molecule has 0 aromatic carbocycles. The number of nitrogens with zero attached hydrogens (tertiary/aromatic N) is 3. The second kappa shape index (κ2) is 11.5. The molecule has 5 nitrogen and oxygen atoms in total. The van der Waals surface area contributed by atoms with Gasteiger partial charge in [-0.15, -0.1) is 0 Å². The maximum Gasteiger partial charge on any atom is 0.222 e. The molecule has 0 unspecified atom stereocenters. The van der Waals surface area contributed by atoms with Crippen molar-refractivity contribution in [2.24, 2.45) is 11.8 Å². The number of ether oxygens (including phenoxy) is 1. The van der Waals surface area contributed by atoms with Crippen LogP contribution in [0.2, 0.25) is 0 Å². The first-order valence-electron chi connectivity index (χ1n) is 12.0. The van der Waals surface area contributed by atoms with Gasteiger partial charge in [0.25, 0.3) is 0 Å². The fraction of sp³-hybridized carbons (Fsp3) is 0.957. The summed E-state index contributed by atoms with van der Waals surface area (Å²) in [5.74, 6) is 1.73. The second-order valence-electron chi connectivity index (χ2n) is 9.61. The van der Waals surface area contributed by atoms with Gasteiger partial charge in [-0.3, -0.25) is 9.69 Å². The van der Waals surface area contributed by atoms with Gasteiger partial charge in [0, 0.05) is 51.7 Å². The Morgan fingerprint density at radius 1 is 0.964 bits per heavy atom. The van der Waals surface area contributed by atoms with Gasteiger partial charge in [-0.05, 0) is 44.1 Å². The van der Waals surface area contributed by atoms with Crippen LogP contribution in [0, 0.1) is 11.8 Å². The molecule has 2 atom stereocenters. The van der Waals surface area contributed by atoms with Crippen LogP contribution in [0.4, 0.5) is 0 Å². The van der Waals surface area contributed by atoms with Crippen molar-refractivity contribution in [3.05, 3.63) is 0 Å². The third-order valence-corrected chi connectivity index (χ3v) is 6.85. The predicted octanol–water partition coefficient (Wildman–Crippen LogP) is 3.24. The van der Waals surface area contributed by atoms with E-state index in [4.69, 9.17) is 4.74 Å². The van der Waals surface area contributed by atoms with Gasteiger partial charge in [0.2, 0.25) is 5.91 Å². The number of hydrogen-bond donors (Lipinski definition) is 0. The average Bonchev–Trinajstić information content (AvgIpc) is 2.66. The summed E-state index contributed by atoms with van der Waals surface area (Å²) in [6.07, 6.45) is 9.33. The summed E-state index contributed by atoms with van der Waals surface area (Å²) in [4.78, 5) is 20.4. The number of likely N-dealkylation sites (tertiary alicyclic amines) is 2. The highest BCUT2D eigenvalue weighted by atomic mass is 16.5. The summed E-state index contributed by atoms with van der Waals surface area (Å²) in [5, 5.41) is 0. The fourth-order valence-electron chi connectivity index (χ4n) is 5.41. The molecule has 3 heterocycles. The van der Waals surface area contributed by atoms with Crippen LogP contribution in [0.25, 0.3) is 0 Å². The van der Waals surface area contributed by atoms with Gasteiger partial charge in [0.05, 0.1) is 13.2 Å². The third-order valence-electron chi connectivity index (χ3n) is 6.85. The molecule has 0 N–H and O–H groups in total. The highest BCUT2D eigenvalue weighted by Crippen LogP contribution is 2.28. The molecular formula is C23H43N3O2. The number of amides is 1. The number of morpholine rings is 1. The van der Waals surface area contributed by atoms with Crippen molar-refractivity contribution in [2.45, 2.75) is 71.3 Å². The predicted molar refractivity (Wildman–Crippen MR) is 114 cm³/mol. The molecule has 3 rings (SSSR count). The lowest BCUT2D eigenvalue weighted by Gasteiger charge is -2.45. The zero-order chi connectivity index (χ0) is 19.8. The minimum absolute atomic E-state index is 0.406. The minimum atomic E-state index is 0.406. The van der Waals surface area contributed by atoms with Crippen molar-refractivity contribution in [1.29, 1.82) is 0 Å². The summed E-state index contributed by atoms with van der Waals surface area (Å²) in [5.41, 5.74) is 0. The molecule has 0 aromatic heterocycles. The van der Waals surface area contributed by atoms with Crippen molar-refractivity contribution >= 4 is 5.91 Å². The second-order valence-corrected chi connectivity index (χ2v) is 9.61. The maximum absolute atomic E-state index is 12.9. The summed E-state index contributed by atoms with van der Waals surface area (Å²) in [7, 11) is 0. The minimum Gasteiger partial charge on any atom is -0.379 e. The fourth-order valence-corrected chi connectivity index (χ4v) is 5.41. The van der Waals surface area contributed by atoms with Crippen LogP contribution in [0.3, 0.4) is 0 Å². The van der Waals surface area contributed by atoms with Crippen molar-refractivity contribution in [3.8, 4) is 0 Å². The van der Waals surface area contributed by atoms with Gasteiger partial charge >= 0.3 is 0 Å². The molecule has 28 heavy (non-hydrogen) atoms. The Morgan fingerprint density at radius 3 is 2.32 bits per heavy atom. The first kappa shape index (κ1) is 22.0. The van der Waals surface area contributed by atoms with Crippen molar-refractivity contribution < 1.29 is 9.53 Å². The van der Waals surface area contributed by atoms with E-state index in [-0.39, 0.29) is 0 Å². The molecule has 3 saturated heterocycles. The van der Waals surface area contributed by atoms with Gasteiger partial charge in [0.1, 0.15) is 0 Å². The van der Waals surface area contributed by atoms with Crippen LogP contribution < -0.4 is 0 Å². The summed E-state index contributed by atoms with van der Waals surface area (Å²) in [6.45, 7) is 14.0. The number of carbonyl (C=O) groups is 1. The lowest BCUT2D eigenvalue weighted by Crippen LogP contribution is -2.54. The quantitative estimate of drug-likeness (QED) is 0.694. The van der Waals surface area contributed by atoms with Crippen LogP contribution >= 0.6 is 0 Å². The van der Waals surface area contributed by atoms with Crippen LogP contribution in [0.1, 0.15) is 65.2 Å². The molecule has 3 fully saturated rings. The lowest BCUT2D eigenvalue weighted by atomic mass is 9.86. The van der Waals surface area contributed by atoms with E-state index in [1.165, 1.54) is 51.6 Å². The largest absolute Gasteiger partial charge is 0.379 e. The van der Waals surface area contributed by atoms with Gasteiger partial charge in [-0.25, -0.2) is 0 Å². The van der Waals surface area contributed by atoms with E-state index >= 15 is 0 Å². The van der Waals surface area contributed by atoms with Crippen molar-refractivity contribution in [3.63, 3.8) is 0 Å². The summed E-state index contributed by atoms with van der Waals surface area (Å²) >= 11 is 0. The van der Waals surface area contributed by atoms with Crippen LogP contribution in [0.15, 0.2) is 0 Å². The lowest BCUT2D eigenvalue weighted by molar-refractivity contribution is -0.132. The molecule has 0 aromatic rings. The number of piperidine rings is 1. The number of hydrogen-bond acceptors (Lipinski definition) is 4. The Balaban J connectivity index is 1.56. The Hall–Kier alpha value is -0.650. The zero-order valence-corrected chi connectivity index (χ0v) is 18.4. The highest BCUT2D eigenvalue weighted by Gasteiger charge is 2.34. The SMILES string of the molecule is CC(C)CN1CC[C@H](N2CCOCC2)[C@H](CCC(=O)N2CCCCCCC2)C1. The van der Waals surface area contributed by atoms with Crippen LogP contribution in [-0.2, 0) is 9.53 Å². The Morgan fingerprint density at radius 2 is 1.64 bits per heavy atom. The normalized spacial score (nSPS) is 28.9. The third kappa shape index (κ3) is 6.70. The maximum atomic E-state index is 12.9. The van der Waals surface area contributed by atoms with Gasteiger partial charge < -0.3 is 14.5 Å². The van der Waals surface area contributed by atoms with E-state index in [1.54, 1.807) is 0 Å². The van der Waals surface area contributed by atoms with Crippen molar-refractivity contribution in [2.75, 3.05) is 59.0 Å². The Bertz CT molecular complexity index is 457. The van der Waals surface area contributed by atoms with Crippen LogP contribution in [0.5, 0.6) is 0 Å². The first-order chi connectivity index (χ1) is 13.6. The summed E-state index contributed by atoms with van der Waals surface area (Å²) < 4.78 is 5.59. The molecule has 0 aliphatic carbocycles. The molecule has 162 valence electrons. The molecule has 3 aliphatic heterocycles. The van der Waals surface area contributed by atoms with E-state index < -0.39 is 0 Å². The Kier molecular flexibility index (Phi) is 9.06. The zero-order valence-electron chi connectivity index (χ0n) is 18.4. The average molecular weight is 394 g/mol. The standard InChI is InChI=1S/C23H43N3O2/c1-20(2)18-24-13-10-22(25-14-16-28-17-15-25)21(19-24)8-9-23(27)26-11-6-4-3-5-7-12-26/h20-22H,3-19H2,1-2H3/t21-,22+/m1/s1. The molecule has 5 heteroatoms. The molecular weight excluding hydrogens is 350 g/mol. The number of rotatable bonds is 6. The van der Waals surface area contributed by atoms with E-state index in [1.807, 2.05) is 0 Å². The first-order valence-corrected chi connectivity index (χ1v) is 12.0. The molecule has 0 saturated carbocycles. The monoisotopic (exact) mass is 393 g/mol. The van der Waals surface area contributed by atoms with Gasteiger partial charge in [0.15, 0.2) is 0 Å². The molecule has 3 aliphatic rings. The number of carbonyl (C=O) groups excluding carboxylic acids is 1. The molecule has 0 spiro atoms. The van der Waals surface area contributed by atoms with E-state index in [0.29, 0.717) is 23.8 Å². The van der Waals surface area contributed by atoms with Crippen LogP contribution in [-0.4, -0.2) is 85.7 Å². The molecule has 1 amide bonds. The topological polar surface area (TPSA) is 36.0 Å². The van der Waals surface area contributed by atoms with E-state index in [9.17, 15) is 4.79 Å². The molecule has 0 radical (unpaired) electrons.